The Morgan fingerprint density at radius 1 is 1.15 bits per heavy atom. The Balaban J connectivity index is 1.41. The van der Waals surface area contributed by atoms with Crippen LogP contribution in [-0.2, 0) is 6.18 Å². The smallest absolute Gasteiger partial charge is 0.434 e. The largest absolute Gasteiger partial charge is 0.489 e. The Hall–Kier alpha value is -3.66. The predicted molar refractivity (Wildman–Crippen MR) is 149 cm³/mol. The standard InChI is InChI=1S/C31H35F3N4O3/c1-19-7-8-23(18-41-27-10-9-22(16-20(27)2)21-11-13-37(3)14-12-21)24(15-19)26-5-4-6-28(36-26)38-29(31(32,33)34)25(17-35-38)30(39)40/h4-6,9-10,16-17,19,21H,7-8,11-15,18H2,1-3H3,(H,39,40). The summed E-state index contributed by atoms with van der Waals surface area (Å²) in [5.74, 6) is -0.0257. The van der Waals surface area contributed by atoms with Crippen molar-refractivity contribution >= 4 is 11.5 Å². The molecule has 1 aliphatic carbocycles. The summed E-state index contributed by atoms with van der Waals surface area (Å²) in [6, 6.07) is 11.2. The highest BCUT2D eigenvalue weighted by molar-refractivity contribution is 5.89. The minimum absolute atomic E-state index is 0.0892. The van der Waals surface area contributed by atoms with E-state index in [1.54, 1.807) is 12.1 Å². The zero-order valence-corrected chi connectivity index (χ0v) is 23.5. The molecule has 10 heteroatoms. The first kappa shape index (κ1) is 28.9. The quantitative estimate of drug-likeness (QED) is 0.340. The number of alkyl halides is 3. The maximum absolute atomic E-state index is 13.8. The lowest BCUT2D eigenvalue weighted by atomic mass is 9.83. The van der Waals surface area contributed by atoms with Crippen LogP contribution in [0.25, 0.3) is 11.4 Å². The van der Waals surface area contributed by atoms with Crippen molar-refractivity contribution in [3.05, 3.63) is 76.2 Å². The van der Waals surface area contributed by atoms with Gasteiger partial charge in [-0.1, -0.05) is 25.1 Å². The summed E-state index contributed by atoms with van der Waals surface area (Å²) in [4.78, 5) is 18.3. The van der Waals surface area contributed by atoms with Gasteiger partial charge in [-0.3, -0.25) is 0 Å². The summed E-state index contributed by atoms with van der Waals surface area (Å²) in [5.41, 5.74) is 2.71. The zero-order chi connectivity index (χ0) is 29.3. The monoisotopic (exact) mass is 568 g/mol. The Morgan fingerprint density at radius 3 is 2.59 bits per heavy atom. The van der Waals surface area contributed by atoms with E-state index in [0.717, 1.165) is 67.7 Å². The van der Waals surface area contributed by atoms with Crippen LogP contribution in [0.15, 0.2) is 48.2 Å². The predicted octanol–water partition coefficient (Wildman–Crippen LogP) is 6.75. The first-order valence-corrected chi connectivity index (χ1v) is 14.0. The molecule has 0 saturated carbocycles. The molecule has 1 unspecified atom stereocenters. The molecule has 1 aromatic carbocycles. The van der Waals surface area contributed by atoms with Gasteiger partial charge >= 0.3 is 12.1 Å². The van der Waals surface area contributed by atoms with Crippen molar-refractivity contribution in [1.29, 1.82) is 0 Å². The number of piperidine rings is 1. The Morgan fingerprint density at radius 2 is 1.90 bits per heavy atom. The van der Waals surface area contributed by atoms with E-state index >= 15 is 0 Å². The van der Waals surface area contributed by atoms with Gasteiger partial charge in [-0.05, 0) is 111 Å². The van der Waals surface area contributed by atoms with E-state index in [0.29, 0.717) is 35.0 Å². The first-order chi connectivity index (χ1) is 19.5. The SMILES string of the molecule is Cc1cc(C2CCN(C)CC2)ccc1OCC1=C(c2cccc(-n3ncc(C(=O)O)c3C(F)(F)F)n2)CC(C)CC1. The highest BCUT2D eigenvalue weighted by Crippen LogP contribution is 2.37. The van der Waals surface area contributed by atoms with Crippen LogP contribution >= 0.6 is 0 Å². The number of hydrogen-bond acceptors (Lipinski definition) is 5. The maximum atomic E-state index is 13.8. The van der Waals surface area contributed by atoms with Crippen LogP contribution in [-0.4, -0.2) is 57.5 Å². The lowest BCUT2D eigenvalue weighted by Crippen LogP contribution is -2.29. The molecule has 1 fully saturated rings. The van der Waals surface area contributed by atoms with E-state index in [-0.39, 0.29) is 5.82 Å². The van der Waals surface area contributed by atoms with Crippen molar-refractivity contribution in [2.24, 2.45) is 5.92 Å². The molecular weight excluding hydrogens is 533 g/mol. The molecule has 0 bridgehead atoms. The Bertz CT molecular complexity index is 1460. The number of benzene rings is 1. The number of aryl methyl sites for hydroxylation is 1. The van der Waals surface area contributed by atoms with E-state index in [1.807, 2.05) is 6.07 Å². The average Bonchev–Trinajstić information content (AvgIpc) is 3.40. The molecule has 218 valence electrons. The number of nitrogens with zero attached hydrogens (tertiary/aromatic N) is 4. The molecule has 7 nitrogen and oxygen atoms in total. The van der Waals surface area contributed by atoms with Gasteiger partial charge in [0.25, 0.3) is 0 Å². The van der Waals surface area contributed by atoms with Gasteiger partial charge in [-0.25, -0.2) is 14.5 Å². The molecule has 1 atom stereocenters. The first-order valence-electron chi connectivity index (χ1n) is 14.0. The Kier molecular flexibility index (Phi) is 8.22. The molecule has 5 rings (SSSR count). The molecule has 3 heterocycles. The van der Waals surface area contributed by atoms with Gasteiger partial charge in [0.05, 0.1) is 11.9 Å². The van der Waals surface area contributed by atoms with Crippen LogP contribution in [0, 0.1) is 12.8 Å². The molecule has 1 N–H and O–H groups in total. The molecular formula is C31H35F3N4O3. The molecule has 1 saturated heterocycles. The van der Waals surface area contributed by atoms with Gasteiger partial charge in [0.2, 0.25) is 0 Å². The number of halogens is 3. The van der Waals surface area contributed by atoms with E-state index in [1.165, 1.54) is 11.6 Å². The fraction of sp³-hybridized carbons (Fsp3) is 0.452. The number of likely N-dealkylation sites (tertiary alicyclic amines) is 1. The van der Waals surface area contributed by atoms with E-state index < -0.39 is 23.4 Å². The van der Waals surface area contributed by atoms with Crippen molar-refractivity contribution in [3.63, 3.8) is 0 Å². The molecule has 2 aliphatic rings. The highest BCUT2D eigenvalue weighted by Gasteiger charge is 2.41. The molecule has 0 spiro atoms. The normalized spacial score (nSPS) is 19.0. The molecule has 0 radical (unpaired) electrons. The fourth-order valence-corrected chi connectivity index (χ4v) is 5.87. The minimum Gasteiger partial charge on any atom is -0.489 e. The third kappa shape index (κ3) is 6.32. The molecule has 3 aromatic rings. The van der Waals surface area contributed by atoms with Crippen molar-refractivity contribution in [1.82, 2.24) is 19.7 Å². The van der Waals surface area contributed by atoms with Gasteiger partial charge in [-0.2, -0.15) is 18.3 Å². The average molecular weight is 569 g/mol. The van der Waals surface area contributed by atoms with Crippen LogP contribution < -0.4 is 4.74 Å². The number of allylic oxidation sites excluding steroid dienone is 1. The van der Waals surface area contributed by atoms with Crippen molar-refractivity contribution in [3.8, 4) is 11.6 Å². The Labute approximate surface area is 237 Å². The second-order valence-corrected chi connectivity index (χ2v) is 11.3. The van der Waals surface area contributed by atoms with Crippen LogP contribution in [0.2, 0.25) is 0 Å². The summed E-state index contributed by atoms with van der Waals surface area (Å²) in [6.45, 7) is 6.77. The molecule has 41 heavy (non-hydrogen) atoms. The van der Waals surface area contributed by atoms with E-state index in [2.05, 4.69) is 48.0 Å². The van der Waals surface area contributed by atoms with Gasteiger partial charge in [0, 0.05) is 0 Å². The lowest BCUT2D eigenvalue weighted by Gasteiger charge is -2.29. The minimum atomic E-state index is -4.92. The van der Waals surface area contributed by atoms with Crippen molar-refractivity contribution < 1.29 is 27.8 Å². The van der Waals surface area contributed by atoms with Gasteiger partial charge in [0.1, 0.15) is 17.9 Å². The summed E-state index contributed by atoms with van der Waals surface area (Å²) < 4.78 is 48.3. The second kappa shape index (κ2) is 11.7. The third-order valence-electron chi connectivity index (χ3n) is 8.24. The number of pyridine rings is 1. The van der Waals surface area contributed by atoms with Crippen LogP contribution in [0.1, 0.15) is 77.8 Å². The van der Waals surface area contributed by atoms with E-state index in [4.69, 9.17) is 4.74 Å². The number of ether oxygens (including phenoxy) is 1. The second-order valence-electron chi connectivity index (χ2n) is 11.3. The summed E-state index contributed by atoms with van der Waals surface area (Å²) in [7, 11) is 2.16. The number of aromatic nitrogens is 3. The molecule has 0 amide bonds. The van der Waals surface area contributed by atoms with Gasteiger partial charge in [0.15, 0.2) is 11.5 Å². The van der Waals surface area contributed by atoms with Crippen LogP contribution in [0.3, 0.4) is 0 Å². The lowest BCUT2D eigenvalue weighted by molar-refractivity contribution is -0.143. The van der Waals surface area contributed by atoms with Crippen LogP contribution in [0.5, 0.6) is 5.75 Å². The maximum Gasteiger partial charge on any atom is 0.434 e. The molecule has 2 aromatic heterocycles. The van der Waals surface area contributed by atoms with Gasteiger partial charge < -0.3 is 14.7 Å². The van der Waals surface area contributed by atoms with Crippen molar-refractivity contribution in [2.45, 2.75) is 58.0 Å². The fourth-order valence-electron chi connectivity index (χ4n) is 5.87. The number of aromatic carboxylic acids is 1. The zero-order valence-electron chi connectivity index (χ0n) is 23.5. The number of carboxylic acid groups (broad SMARTS) is 1. The number of carbonyl (C=O) groups is 1. The molecule has 1 aliphatic heterocycles. The van der Waals surface area contributed by atoms with Crippen molar-refractivity contribution in [2.75, 3.05) is 26.7 Å². The number of hydrogen-bond donors (Lipinski definition) is 1. The number of rotatable bonds is 7. The number of carboxylic acids is 1. The van der Waals surface area contributed by atoms with Crippen LogP contribution in [0.4, 0.5) is 13.2 Å². The summed E-state index contributed by atoms with van der Waals surface area (Å²) in [5, 5.41) is 13.0. The summed E-state index contributed by atoms with van der Waals surface area (Å²) in [6.07, 6.45) is 0.591. The van der Waals surface area contributed by atoms with Gasteiger partial charge in [-0.15, -0.1) is 0 Å². The van der Waals surface area contributed by atoms with E-state index in [9.17, 15) is 23.1 Å². The highest BCUT2D eigenvalue weighted by atomic mass is 19.4. The summed E-state index contributed by atoms with van der Waals surface area (Å²) >= 11 is 0. The third-order valence-corrected chi connectivity index (χ3v) is 8.24. The topological polar surface area (TPSA) is 80.5 Å².